The summed E-state index contributed by atoms with van der Waals surface area (Å²) < 4.78 is 28.6. The normalized spacial score (nSPS) is 16.7. The number of rotatable bonds is 5. The van der Waals surface area contributed by atoms with Crippen LogP contribution in [0.3, 0.4) is 0 Å². The predicted octanol–water partition coefficient (Wildman–Crippen LogP) is 2.20. The second-order valence-electron chi connectivity index (χ2n) is 6.30. The maximum Gasteiger partial charge on any atom is 0.234 e. The first kappa shape index (κ1) is 16.6. The van der Waals surface area contributed by atoms with Gasteiger partial charge in [0.05, 0.1) is 24.8 Å². The van der Waals surface area contributed by atoms with Gasteiger partial charge in [0, 0.05) is 30.9 Å². The number of hydrogen-bond donors (Lipinski definition) is 1. The van der Waals surface area contributed by atoms with Gasteiger partial charge in [-0.15, -0.1) is 0 Å². The number of amides is 1. The smallest absolute Gasteiger partial charge is 0.234 e. The second kappa shape index (κ2) is 6.68. The fraction of sp³-hybridized carbons (Fsp3) is 0.412. The summed E-state index contributed by atoms with van der Waals surface area (Å²) in [6.07, 6.45) is 3.80. The van der Waals surface area contributed by atoms with Gasteiger partial charge in [-0.05, 0) is 25.5 Å². The van der Waals surface area contributed by atoms with Crippen molar-refractivity contribution in [3.63, 3.8) is 0 Å². The Hall–Kier alpha value is -2.28. The van der Waals surface area contributed by atoms with Crippen molar-refractivity contribution in [3.05, 3.63) is 53.4 Å². The zero-order valence-electron chi connectivity index (χ0n) is 13.7. The Morgan fingerprint density at radius 2 is 2.17 bits per heavy atom. The Balaban J connectivity index is 1.48. The van der Waals surface area contributed by atoms with Crippen LogP contribution in [0.25, 0.3) is 0 Å². The van der Waals surface area contributed by atoms with E-state index in [0.717, 1.165) is 24.7 Å². The molecule has 1 aromatic heterocycles. The number of benzene rings is 1. The lowest BCUT2D eigenvalue weighted by Gasteiger charge is -2.38. The van der Waals surface area contributed by atoms with E-state index in [-0.39, 0.29) is 18.0 Å². The molecule has 0 radical (unpaired) electrons. The Kier molecular flexibility index (Phi) is 4.62. The molecule has 1 fully saturated rings. The molecule has 2 heterocycles. The molecule has 1 N–H and O–H groups in total. The number of aromatic nitrogens is 2. The molecule has 1 aliphatic rings. The molecule has 24 heavy (non-hydrogen) atoms. The molecule has 2 aromatic rings. The van der Waals surface area contributed by atoms with Crippen molar-refractivity contribution in [3.8, 4) is 0 Å². The Morgan fingerprint density at radius 3 is 2.79 bits per heavy atom. The van der Waals surface area contributed by atoms with E-state index in [1.807, 2.05) is 28.9 Å². The summed E-state index contributed by atoms with van der Waals surface area (Å²) in [6, 6.07) is 3.15. The van der Waals surface area contributed by atoms with Crippen LogP contribution in [0.15, 0.2) is 30.6 Å². The third-order valence-corrected chi connectivity index (χ3v) is 4.22. The average molecular weight is 334 g/mol. The highest BCUT2D eigenvalue weighted by Crippen LogP contribution is 2.21. The number of carbonyl (C=O) groups is 1. The van der Waals surface area contributed by atoms with Gasteiger partial charge in [-0.3, -0.25) is 14.4 Å². The van der Waals surface area contributed by atoms with Crippen LogP contribution in [-0.4, -0.2) is 40.2 Å². The van der Waals surface area contributed by atoms with Crippen molar-refractivity contribution in [2.75, 3.05) is 19.6 Å². The van der Waals surface area contributed by atoms with Crippen LogP contribution in [0, 0.1) is 18.6 Å². The van der Waals surface area contributed by atoms with E-state index < -0.39 is 17.7 Å². The van der Waals surface area contributed by atoms with Gasteiger partial charge in [0.25, 0.3) is 0 Å². The number of carbonyl (C=O) groups excluding carboxylic acids is 1. The lowest BCUT2D eigenvalue weighted by Crippen LogP contribution is -2.51. The van der Waals surface area contributed by atoms with Gasteiger partial charge in [0.1, 0.15) is 11.6 Å². The third kappa shape index (κ3) is 3.62. The lowest BCUT2D eigenvalue weighted by molar-refractivity contribution is -0.124. The van der Waals surface area contributed by atoms with Crippen molar-refractivity contribution < 1.29 is 13.6 Å². The molecule has 0 spiro atoms. The molecule has 128 valence electrons. The third-order valence-electron chi connectivity index (χ3n) is 4.22. The molecule has 0 bridgehead atoms. The minimum absolute atomic E-state index is 0.179. The minimum Gasteiger partial charge on any atom is -0.348 e. The molecule has 1 aromatic carbocycles. The number of halogens is 2. The van der Waals surface area contributed by atoms with Gasteiger partial charge >= 0.3 is 0 Å². The first-order valence-electron chi connectivity index (χ1n) is 7.90. The van der Waals surface area contributed by atoms with Crippen LogP contribution < -0.4 is 5.32 Å². The monoisotopic (exact) mass is 334 g/mol. The molecule has 1 saturated heterocycles. The van der Waals surface area contributed by atoms with Crippen molar-refractivity contribution in [1.29, 1.82) is 0 Å². The number of likely N-dealkylation sites (tertiary alicyclic amines) is 1. The molecule has 5 nitrogen and oxygen atoms in total. The minimum atomic E-state index is -0.652. The largest absolute Gasteiger partial charge is 0.348 e. The number of aryl methyl sites for hydroxylation is 1. The van der Waals surface area contributed by atoms with E-state index in [4.69, 9.17) is 0 Å². The van der Waals surface area contributed by atoms with Crippen molar-refractivity contribution in [1.82, 2.24) is 20.0 Å². The van der Waals surface area contributed by atoms with Crippen LogP contribution in [0.5, 0.6) is 0 Å². The van der Waals surface area contributed by atoms with E-state index in [2.05, 4.69) is 10.4 Å². The van der Waals surface area contributed by atoms with Gasteiger partial charge in [0.15, 0.2) is 0 Å². The predicted molar refractivity (Wildman–Crippen MR) is 85.4 cm³/mol. The Bertz CT molecular complexity index is 740. The average Bonchev–Trinajstić information content (AvgIpc) is 2.88. The van der Waals surface area contributed by atoms with Crippen molar-refractivity contribution >= 4 is 5.91 Å². The summed E-state index contributed by atoms with van der Waals surface area (Å²) >= 11 is 0. The van der Waals surface area contributed by atoms with Gasteiger partial charge in [-0.25, -0.2) is 8.78 Å². The molecule has 0 saturated carbocycles. The van der Waals surface area contributed by atoms with Crippen LogP contribution >= 0.6 is 0 Å². The molecule has 1 aliphatic heterocycles. The summed E-state index contributed by atoms with van der Waals surface area (Å²) in [7, 11) is 0. The fourth-order valence-corrected chi connectivity index (χ4v) is 2.89. The summed E-state index contributed by atoms with van der Waals surface area (Å²) in [5.41, 5.74) is 1.39. The zero-order valence-corrected chi connectivity index (χ0v) is 13.7. The van der Waals surface area contributed by atoms with E-state index >= 15 is 0 Å². The van der Waals surface area contributed by atoms with Gasteiger partial charge in [0.2, 0.25) is 5.91 Å². The highest BCUT2D eigenvalue weighted by Gasteiger charge is 2.30. The van der Waals surface area contributed by atoms with E-state index in [9.17, 15) is 13.6 Å². The molecule has 0 aliphatic carbocycles. The SMILES string of the molecule is Cc1cnn(C2CN(CC(=O)N[C@H](C)c3ccc(F)cc3F)C2)c1. The van der Waals surface area contributed by atoms with Gasteiger partial charge in [-0.1, -0.05) is 6.07 Å². The van der Waals surface area contributed by atoms with Crippen LogP contribution in [-0.2, 0) is 4.79 Å². The van der Waals surface area contributed by atoms with Crippen LogP contribution in [0.1, 0.15) is 30.1 Å². The molecular weight excluding hydrogens is 314 g/mol. The highest BCUT2D eigenvalue weighted by atomic mass is 19.1. The molecule has 1 atom stereocenters. The molecule has 1 amide bonds. The maximum atomic E-state index is 13.7. The molecule has 0 unspecified atom stereocenters. The molecular formula is C17H20F2N4O. The van der Waals surface area contributed by atoms with Crippen LogP contribution in [0.4, 0.5) is 8.78 Å². The first-order chi connectivity index (χ1) is 11.4. The van der Waals surface area contributed by atoms with Gasteiger partial charge in [-0.2, -0.15) is 5.10 Å². The zero-order chi connectivity index (χ0) is 17.3. The van der Waals surface area contributed by atoms with Crippen molar-refractivity contribution in [2.45, 2.75) is 25.9 Å². The summed E-state index contributed by atoms with van der Waals surface area (Å²) in [4.78, 5) is 14.1. The van der Waals surface area contributed by atoms with Crippen molar-refractivity contribution in [2.24, 2.45) is 0 Å². The van der Waals surface area contributed by atoms with Gasteiger partial charge < -0.3 is 5.32 Å². The Morgan fingerprint density at radius 1 is 1.42 bits per heavy atom. The fourth-order valence-electron chi connectivity index (χ4n) is 2.89. The Labute approximate surface area is 139 Å². The molecule has 3 rings (SSSR count). The van der Waals surface area contributed by atoms with E-state index in [1.165, 1.54) is 12.1 Å². The summed E-state index contributed by atoms with van der Waals surface area (Å²) in [5, 5.41) is 7.02. The standard InChI is InChI=1S/C17H20F2N4O/c1-11-6-20-23(7-11)14-8-22(9-14)10-17(24)21-12(2)15-4-3-13(18)5-16(15)19/h3-7,12,14H,8-10H2,1-2H3,(H,21,24)/t12-/m1/s1. The van der Waals surface area contributed by atoms with E-state index in [1.54, 1.807) is 6.92 Å². The van der Waals surface area contributed by atoms with Crippen LogP contribution in [0.2, 0.25) is 0 Å². The van der Waals surface area contributed by atoms with E-state index in [0.29, 0.717) is 6.04 Å². The quantitative estimate of drug-likeness (QED) is 0.912. The number of nitrogens with one attached hydrogen (secondary N) is 1. The topological polar surface area (TPSA) is 50.2 Å². The lowest BCUT2D eigenvalue weighted by atomic mass is 10.1. The summed E-state index contributed by atoms with van der Waals surface area (Å²) in [5.74, 6) is -1.46. The summed E-state index contributed by atoms with van der Waals surface area (Å²) in [6.45, 7) is 5.44. The number of nitrogens with zero attached hydrogens (tertiary/aromatic N) is 3. The first-order valence-corrected chi connectivity index (χ1v) is 7.90. The highest BCUT2D eigenvalue weighted by molar-refractivity contribution is 5.78. The molecule has 7 heteroatoms. The maximum absolute atomic E-state index is 13.7. The second-order valence-corrected chi connectivity index (χ2v) is 6.30. The number of hydrogen-bond acceptors (Lipinski definition) is 3.